The topological polar surface area (TPSA) is 82.6 Å². The highest BCUT2D eigenvalue weighted by Gasteiger charge is 2.88. The second-order valence-electron chi connectivity index (χ2n) is 15.4. The third kappa shape index (κ3) is 2.68. The van der Waals surface area contributed by atoms with E-state index in [1.165, 1.54) is 0 Å². The van der Waals surface area contributed by atoms with Crippen LogP contribution in [0.3, 0.4) is 0 Å². The van der Waals surface area contributed by atoms with Gasteiger partial charge in [0.25, 0.3) is 0 Å². The molecule has 0 radical (unpaired) electrons. The monoisotopic (exact) mass is 488 g/mol. The summed E-state index contributed by atoms with van der Waals surface area (Å²) in [5, 5.41) is 22.9. The van der Waals surface area contributed by atoms with E-state index in [0.717, 1.165) is 32.1 Å². The molecule has 2 heterocycles. The number of hydrogen-bond acceptors (Lipinski definition) is 5. The number of carbonyl (C=O) groups excluding carboxylic acids is 1. The molecular weight excluding hydrogens is 440 g/mol. The van der Waals surface area contributed by atoms with E-state index < -0.39 is 12.2 Å². The van der Waals surface area contributed by atoms with Gasteiger partial charge in [0, 0.05) is 23.7 Å². The van der Waals surface area contributed by atoms with Gasteiger partial charge in [-0.3, -0.25) is 4.79 Å². The summed E-state index contributed by atoms with van der Waals surface area (Å²) in [6.45, 7) is 17.9. The molecule has 0 aromatic carbocycles. The maximum atomic E-state index is 12.9. The summed E-state index contributed by atoms with van der Waals surface area (Å²) in [6.07, 6.45) is 6.12. The first-order valence-corrected chi connectivity index (χ1v) is 14.3. The van der Waals surface area contributed by atoms with Crippen LogP contribution in [0.1, 0.15) is 107 Å². The van der Waals surface area contributed by atoms with E-state index in [4.69, 9.17) is 9.47 Å². The minimum Gasteiger partial charge on any atom is -0.393 e. The number of fused-ring (bicyclic) bond motifs is 4. The predicted molar refractivity (Wildman–Crippen MR) is 134 cm³/mol. The molecule has 6 aliphatic rings. The molecule has 0 unspecified atom stereocenters. The van der Waals surface area contributed by atoms with Crippen LogP contribution >= 0.6 is 0 Å². The first-order valence-electron chi connectivity index (χ1n) is 14.3. The number of aliphatic hydroxyl groups excluding tert-OH is 2. The van der Waals surface area contributed by atoms with Gasteiger partial charge in [-0.15, -0.1) is 0 Å². The lowest BCUT2D eigenvalue weighted by Crippen LogP contribution is -2.69. The van der Waals surface area contributed by atoms with Crippen LogP contribution in [0.4, 0.5) is 0 Å². The molecule has 2 aliphatic heterocycles. The van der Waals surface area contributed by atoms with Crippen molar-refractivity contribution < 1.29 is 24.5 Å². The summed E-state index contributed by atoms with van der Waals surface area (Å²) in [6, 6.07) is 0. The van der Waals surface area contributed by atoms with Crippen LogP contribution in [-0.2, 0) is 14.3 Å². The number of carbonyl (C=O) groups is 1. The number of rotatable bonds is 4. The highest BCUT2D eigenvalue weighted by atomic mass is 16.6. The van der Waals surface area contributed by atoms with Gasteiger partial charge in [-0.25, -0.2) is 0 Å². The molecule has 4 saturated carbocycles. The summed E-state index contributed by atoms with van der Waals surface area (Å²) < 4.78 is 12.6. The van der Waals surface area contributed by atoms with Gasteiger partial charge in [-0.1, -0.05) is 41.5 Å². The molecule has 2 saturated heterocycles. The Labute approximate surface area is 211 Å². The van der Waals surface area contributed by atoms with Crippen LogP contribution < -0.4 is 0 Å². The lowest BCUT2D eigenvalue weighted by atomic mass is 9.35. The van der Waals surface area contributed by atoms with Gasteiger partial charge in [0.15, 0.2) is 0 Å². The number of epoxide rings is 2. The minimum absolute atomic E-state index is 0.0158. The summed E-state index contributed by atoms with van der Waals surface area (Å²) in [5.74, 6) is 1.11. The lowest BCUT2D eigenvalue weighted by Gasteiger charge is -2.69. The number of Topliss-reactive ketones (excluding diaryl/α,β-unsaturated/α-hetero) is 1. The molecule has 6 rings (SSSR count). The zero-order valence-electron chi connectivity index (χ0n) is 23.2. The molecule has 6 fully saturated rings. The van der Waals surface area contributed by atoms with Gasteiger partial charge in [0.1, 0.15) is 23.1 Å². The van der Waals surface area contributed by atoms with E-state index in [2.05, 4.69) is 41.5 Å². The number of ketones is 1. The standard InChI is InChI=1S/C30H48O5/c1-17(15-18(31)23-25(4,5)34-23)29-14-13-28(8)27(7)12-9-20-24(2,3)21(33)10-11-26(20,6)22(27)19(32)16-30(28,29)35-29/h17-20,22-23,31-32H,9-16H2,1-8H3/t17-,18+,19+,20-,22+,23-,26+,27+,28-,29-,30-/m1/s1. The van der Waals surface area contributed by atoms with Crippen molar-refractivity contribution in [1.82, 2.24) is 0 Å². The van der Waals surface area contributed by atoms with E-state index >= 15 is 0 Å². The highest BCUT2D eigenvalue weighted by molar-refractivity contribution is 5.85. The summed E-state index contributed by atoms with van der Waals surface area (Å²) in [4.78, 5) is 12.9. The van der Waals surface area contributed by atoms with E-state index in [1.807, 2.05) is 13.8 Å². The molecule has 2 N–H and O–H groups in total. The van der Waals surface area contributed by atoms with Crippen LogP contribution in [-0.4, -0.2) is 51.1 Å². The van der Waals surface area contributed by atoms with Crippen molar-refractivity contribution in [3.63, 3.8) is 0 Å². The van der Waals surface area contributed by atoms with Crippen LogP contribution in [0.25, 0.3) is 0 Å². The van der Waals surface area contributed by atoms with Crippen LogP contribution in [0.15, 0.2) is 0 Å². The van der Waals surface area contributed by atoms with Gasteiger partial charge in [-0.05, 0) is 81.0 Å². The smallest absolute Gasteiger partial charge is 0.138 e. The fourth-order valence-electron chi connectivity index (χ4n) is 11.4. The molecule has 0 bridgehead atoms. The Bertz CT molecular complexity index is 958. The Kier molecular flexibility index (Phi) is 4.78. The average Bonchev–Trinajstić information content (AvgIpc) is 3.58. The van der Waals surface area contributed by atoms with Gasteiger partial charge in [-0.2, -0.15) is 0 Å². The van der Waals surface area contributed by atoms with Crippen molar-refractivity contribution in [3.8, 4) is 0 Å². The third-order valence-corrected chi connectivity index (χ3v) is 13.5. The van der Waals surface area contributed by atoms with Crippen molar-refractivity contribution >= 4 is 5.78 Å². The Morgan fingerprint density at radius 1 is 1.03 bits per heavy atom. The first kappa shape index (κ1) is 24.8. The van der Waals surface area contributed by atoms with Gasteiger partial charge < -0.3 is 19.7 Å². The lowest BCUT2D eigenvalue weighted by molar-refractivity contribution is -0.242. The molecule has 5 heteroatoms. The maximum absolute atomic E-state index is 12.9. The van der Waals surface area contributed by atoms with Crippen molar-refractivity contribution in [2.75, 3.05) is 0 Å². The Morgan fingerprint density at radius 3 is 2.31 bits per heavy atom. The van der Waals surface area contributed by atoms with E-state index in [1.54, 1.807) is 0 Å². The van der Waals surface area contributed by atoms with Crippen LogP contribution in [0, 0.1) is 39.4 Å². The number of hydrogen-bond donors (Lipinski definition) is 2. The molecule has 35 heavy (non-hydrogen) atoms. The van der Waals surface area contributed by atoms with Gasteiger partial charge in [0.2, 0.25) is 0 Å². The van der Waals surface area contributed by atoms with E-state index in [-0.39, 0.29) is 56.4 Å². The average molecular weight is 489 g/mol. The molecule has 198 valence electrons. The quantitative estimate of drug-likeness (QED) is 0.541. The minimum atomic E-state index is -0.476. The zero-order valence-corrected chi connectivity index (χ0v) is 23.2. The number of ether oxygens (including phenoxy) is 2. The normalized spacial score (nSPS) is 56.8. The summed E-state index contributed by atoms with van der Waals surface area (Å²) >= 11 is 0. The van der Waals surface area contributed by atoms with Gasteiger partial charge in [0.05, 0.1) is 17.8 Å². The van der Waals surface area contributed by atoms with E-state index in [0.29, 0.717) is 31.0 Å². The van der Waals surface area contributed by atoms with Crippen molar-refractivity contribution in [1.29, 1.82) is 0 Å². The Hall–Kier alpha value is -0.490. The Morgan fingerprint density at radius 2 is 1.69 bits per heavy atom. The third-order valence-electron chi connectivity index (χ3n) is 13.5. The molecule has 0 aromatic heterocycles. The van der Waals surface area contributed by atoms with Crippen molar-refractivity contribution in [3.05, 3.63) is 0 Å². The molecule has 4 aliphatic carbocycles. The summed E-state index contributed by atoms with van der Waals surface area (Å²) in [5.41, 5.74) is -1.20. The molecule has 5 nitrogen and oxygen atoms in total. The number of aliphatic hydroxyl groups is 2. The predicted octanol–water partition coefficient (Wildman–Crippen LogP) is 5.05. The second-order valence-corrected chi connectivity index (χ2v) is 15.4. The molecule has 1 spiro atoms. The largest absolute Gasteiger partial charge is 0.393 e. The fraction of sp³-hybridized carbons (Fsp3) is 0.967. The van der Waals surface area contributed by atoms with Crippen LogP contribution in [0.5, 0.6) is 0 Å². The fourth-order valence-corrected chi connectivity index (χ4v) is 11.4. The van der Waals surface area contributed by atoms with Crippen molar-refractivity contribution in [2.24, 2.45) is 39.4 Å². The zero-order chi connectivity index (χ0) is 25.6. The maximum Gasteiger partial charge on any atom is 0.138 e. The molecule has 0 aromatic rings. The SMILES string of the molecule is C[C@H](C[C@H](O)[C@H]1OC1(C)C)[C@]12CC[C@@]3(C)[C@@]1(C[C@H](O)[C@H]1[C@@]4(C)CCC(=O)C(C)(C)[C@H]4CC[C@@]13C)O2. The highest BCUT2D eigenvalue weighted by Crippen LogP contribution is 2.84. The molecule has 11 atom stereocenters. The van der Waals surface area contributed by atoms with Crippen molar-refractivity contribution in [2.45, 2.75) is 142 Å². The Balaban J connectivity index is 1.32. The summed E-state index contributed by atoms with van der Waals surface area (Å²) in [7, 11) is 0. The van der Waals surface area contributed by atoms with Gasteiger partial charge >= 0.3 is 0 Å². The first-order chi connectivity index (χ1) is 16.0. The molecular formula is C30H48O5. The van der Waals surface area contributed by atoms with Crippen LogP contribution in [0.2, 0.25) is 0 Å². The second kappa shape index (κ2) is 6.74. The van der Waals surface area contributed by atoms with E-state index in [9.17, 15) is 15.0 Å². The molecule has 0 amide bonds.